The van der Waals surface area contributed by atoms with E-state index in [4.69, 9.17) is 0 Å². The summed E-state index contributed by atoms with van der Waals surface area (Å²) in [5, 5.41) is 3.45. The molecule has 2 heteroatoms. The third-order valence-corrected chi connectivity index (χ3v) is 4.24. The first kappa shape index (κ1) is 13.3. The maximum Gasteiger partial charge on any atom is 0.0585 e. The van der Waals surface area contributed by atoms with E-state index < -0.39 is 0 Å². The minimum absolute atomic E-state index is 0.300. The first-order chi connectivity index (χ1) is 8.51. The fourth-order valence-corrected chi connectivity index (χ4v) is 3.58. The Kier molecular flexibility index (Phi) is 3.88. The van der Waals surface area contributed by atoms with E-state index in [0.29, 0.717) is 6.04 Å². The van der Waals surface area contributed by atoms with Gasteiger partial charge < -0.3 is 5.32 Å². The molecule has 0 saturated heterocycles. The standard InChI is InChI=1S/C16H21NS/c1-10-6-11(2)8-14(7-10)16(17-5)15-9-12(3)18-13(15)4/h6-9,16-17H,1-5H3. The molecule has 1 aromatic carbocycles. The van der Waals surface area contributed by atoms with E-state index in [2.05, 4.69) is 57.3 Å². The van der Waals surface area contributed by atoms with E-state index in [0.717, 1.165) is 0 Å². The lowest BCUT2D eigenvalue weighted by atomic mass is 9.96. The summed E-state index contributed by atoms with van der Waals surface area (Å²) in [5.74, 6) is 0. The second-order valence-electron chi connectivity index (χ2n) is 5.01. The van der Waals surface area contributed by atoms with Crippen LogP contribution in [0.5, 0.6) is 0 Å². The summed E-state index contributed by atoms with van der Waals surface area (Å²) in [6.07, 6.45) is 0. The van der Waals surface area contributed by atoms with Gasteiger partial charge in [-0.1, -0.05) is 29.3 Å². The largest absolute Gasteiger partial charge is 0.309 e. The second kappa shape index (κ2) is 5.25. The molecule has 0 aliphatic carbocycles. The topological polar surface area (TPSA) is 12.0 Å². The van der Waals surface area contributed by atoms with Crippen molar-refractivity contribution in [1.82, 2.24) is 5.32 Å². The number of aryl methyl sites for hydroxylation is 4. The van der Waals surface area contributed by atoms with E-state index >= 15 is 0 Å². The number of benzene rings is 1. The summed E-state index contributed by atoms with van der Waals surface area (Å²) in [4.78, 5) is 2.79. The number of rotatable bonds is 3. The quantitative estimate of drug-likeness (QED) is 0.867. The minimum Gasteiger partial charge on any atom is -0.309 e. The van der Waals surface area contributed by atoms with Crippen molar-refractivity contribution in [2.24, 2.45) is 0 Å². The van der Waals surface area contributed by atoms with Crippen molar-refractivity contribution >= 4 is 11.3 Å². The Balaban J connectivity index is 2.48. The second-order valence-corrected chi connectivity index (χ2v) is 6.47. The molecule has 1 heterocycles. The van der Waals surface area contributed by atoms with Crippen molar-refractivity contribution in [1.29, 1.82) is 0 Å². The molecule has 1 nitrogen and oxygen atoms in total. The van der Waals surface area contributed by atoms with Crippen LogP contribution in [-0.2, 0) is 0 Å². The first-order valence-electron chi connectivity index (χ1n) is 6.33. The molecule has 0 amide bonds. The van der Waals surface area contributed by atoms with Crippen molar-refractivity contribution in [3.05, 3.63) is 56.3 Å². The summed E-state index contributed by atoms with van der Waals surface area (Å²) in [5.41, 5.74) is 5.42. The Morgan fingerprint density at radius 3 is 2.00 bits per heavy atom. The summed E-state index contributed by atoms with van der Waals surface area (Å²) >= 11 is 1.88. The summed E-state index contributed by atoms with van der Waals surface area (Å²) in [6.45, 7) is 8.71. The molecule has 0 saturated carbocycles. The van der Waals surface area contributed by atoms with Crippen LogP contribution in [0.2, 0.25) is 0 Å². The zero-order valence-electron chi connectivity index (χ0n) is 11.8. The molecule has 1 N–H and O–H groups in total. The van der Waals surface area contributed by atoms with Crippen molar-refractivity contribution in [2.75, 3.05) is 7.05 Å². The maximum absolute atomic E-state index is 3.45. The predicted octanol–water partition coefficient (Wildman–Crippen LogP) is 4.29. The molecular formula is C16H21NS. The summed E-state index contributed by atoms with van der Waals surface area (Å²) in [6, 6.07) is 9.38. The zero-order valence-corrected chi connectivity index (χ0v) is 12.6. The number of thiophene rings is 1. The SMILES string of the molecule is CNC(c1cc(C)cc(C)c1)c1cc(C)sc1C. The predicted molar refractivity (Wildman–Crippen MR) is 80.6 cm³/mol. The highest BCUT2D eigenvalue weighted by atomic mass is 32.1. The van der Waals surface area contributed by atoms with Gasteiger partial charge in [0.2, 0.25) is 0 Å². The Morgan fingerprint density at radius 2 is 1.56 bits per heavy atom. The van der Waals surface area contributed by atoms with E-state index in [9.17, 15) is 0 Å². The maximum atomic E-state index is 3.45. The van der Waals surface area contributed by atoms with Gasteiger partial charge in [0.25, 0.3) is 0 Å². The smallest absolute Gasteiger partial charge is 0.0585 e. The number of nitrogens with one attached hydrogen (secondary N) is 1. The highest BCUT2D eigenvalue weighted by Crippen LogP contribution is 2.31. The van der Waals surface area contributed by atoms with E-state index in [1.165, 1.54) is 32.0 Å². The molecule has 18 heavy (non-hydrogen) atoms. The molecule has 0 fully saturated rings. The van der Waals surface area contributed by atoms with Crippen LogP contribution in [0, 0.1) is 27.7 Å². The molecule has 0 aliphatic rings. The van der Waals surface area contributed by atoms with Crippen molar-refractivity contribution in [3.63, 3.8) is 0 Å². The lowest BCUT2D eigenvalue weighted by molar-refractivity contribution is 0.689. The van der Waals surface area contributed by atoms with Gasteiger partial charge in [-0.25, -0.2) is 0 Å². The number of hydrogen-bond donors (Lipinski definition) is 1. The van der Waals surface area contributed by atoms with Crippen LogP contribution in [0.15, 0.2) is 24.3 Å². The van der Waals surface area contributed by atoms with Crippen LogP contribution in [-0.4, -0.2) is 7.05 Å². The molecule has 0 bridgehead atoms. The van der Waals surface area contributed by atoms with Gasteiger partial charge in [0.1, 0.15) is 0 Å². The third-order valence-electron chi connectivity index (χ3n) is 3.26. The molecule has 0 radical (unpaired) electrons. The van der Waals surface area contributed by atoms with E-state index in [-0.39, 0.29) is 0 Å². The molecule has 1 aromatic heterocycles. The number of hydrogen-bond acceptors (Lipinski definition) is 2. The molecule has 0 aliphatic heterocycles. The molecule has 1 atom stereocenters. The monoisotopic (exact) mass is 259 g/mol. The van der Waals surface area contributed by atoms with Crippen molar-refractivity contribution < 1.29 is 0 Å². The third kappa shape index (κ3) is 2.65. The van der Waals surface area contributed by atoms with Gasteiger partial charge in [0, 0.05) is 9.75 Å². The Labute approximate surface area is 114 Å². The normalized spacial score (nSPS) is 12.7. The Morgan fingerprint density at radius 1 is 0.944 bits per heavy atom. The highest BCUT2D eigenvalue weighted by Gasteiger charge is 2.16. The molecule has 2 rings (SSSR count). The fourth-order valence-electron chi connectivity index (χ4n) is 2.62. The van der Waals surface area contributed by atoms with Crippen LogP contribution in [0.1, 0.15) is 38.0 Å². The lowest BCUT2D eigenvalue weighted by Gasteiger charge is -2.18. The molecule has 2 aromatic rings. The molecular weight excluding hydrogens is 238 g/mol. The van der Waals surface area contributed by atoms with Gasteiger partial charge in [-0.05, 0) is 51.9 Å². The van der Waals surface area contributed by atoms with Crippen molar-refractivity contribution in [2.45, 2.75) is 33.7 Å². The minimum atomic E-state index is 0.300. The van der Waals surface area contributed by atoms with E-state index in [1.54, 1.807) is 0 Å². The van der Waals surface area contributed by atoms with Crippen molar-refractivity contribution in [3.8, 4) is 0 Å². The molecule has 1 unspecified atom stereocenters. The average molecular weight is 259 g/mol. The van der Waals surface area contributed by atoms with Crippen LogP contribution in [0.4, 0.5) is 0 Å². The van der Waals surface area contributed by atoms with Gasteiger partial charge in [-0.15, -0.1) is 11.3 Å². The Hall–Kier alpha value is -1.12. The molecule has 96 valence electrons. The van der Waals surface area contributed by atoms with Gasteiger partial charge in [0.15, 0.2) is 0 Å². The fraction of sp³-hybridized carbons (Fsp3) is 0.375. The van der Waals surface area contributed by atoms with Crippen LogP contribution >= 0.6 is 11.3 Å². The van der Waals surface area contributed by atoms with Gasteiger partial charge in [-0.2, -0.15) is 0 Å². The average Bonchev–Trinajstić information content (AvgIpc) is 2.58. The summed E-state index contributed by atoms with van der Waals surface area (Å²) in [7, 11) is 2.04. The highest BCUT2D eigenvalue weighted by molar-refractivity contribution is 7.12. The summed E-state index contributed by atoms with van der Waals surface area (Å²) < 4.78 is 0. The van der Waals surface area contributed by atoms with Gasteiger partial charge in [0.05, 0.1) is 6.04 Å². The first-order valence-corrected chi connectivity index (χ1v) is 7.15. The van der Waals surface area contributed by atoms with Gasteiger partial charge >= 0.3 is 0 Å². The lowest BCUT2D eigenvalue weighted by Crippen LogP contribution is -2.18. The van der Waals surface area contributed by atoms with E-state index in [1.807, 2.05) is 18.4 Å². The van der Waals surface area contributed by atoms with Crippen LogP contribution < -0.4 is 5.32 Å². The zero-order chi connectivity index (χ0) is 13.3. The van der Waals surface area contributed by atoms with Crippen LogP contribution in [0.3, 0.4) is 0 Å². The Bertz CT molecular complexity index is 534. The molecule has 0 spiro atoms. The van der Waals surface area contributed by atoms with Crippen LogP contribution in [0.25, 0.3) is 0 Å². The van der Waals surface area contributed by atoms with Gasteiger partial charge in [-0.3, -0.25) is 0 Å².